The number of hydrogen-bond acceptors (Lipinski definition) is 12. The molecule has 63 heavy (non-hydrogen) atoms. The molecule has 1 atom stereocenters. The summed E-state index contributed by atoms with van der Waals surface area (Å²) in [7, 11) is 1.57. The van der Waals surface area contributed by atoms with Crippen LogP contribution in [0, 0.1) is 11.8 Å². The molecular weight excluding hydrogens is 824 g/mol. The first-order valence-electron chi connectivity index (χ1n) is 21.3. The summed E-state index contributed by atoms with van der Waals surface area (Å²) in [5, 5.41) is 18.4. The van der Waals surface area contributed by atoms with Crippen molar-refractivity contribution in [3.63, 3.8) is 0 Å². The molecule has 2 aromatic heterocycles. The van der Waals surface area contributed by atoms with Crippen molar-refractivity contribution in [3.8, 4) is 11.8 Å². The number of fused-ring (bicyclic) bond motifs is 1. The fourth-order valence-electron chi connectivity index (χ4n) is 8.35. The third-order valence-electron chi connectivity index (χ3n) is 11.8. The van der Waals surface area contributed by atoms with Gasteiger partial charge in [-0.1, -0.05) is 35.6 Å². The Balaban J connectivity index is 0.726. The molecule has 8 rings (SSSR count). The maximum Gasteiger partial charge on any atom is 0.317 e. The number of imide groups is 1. The number of benzene rings is 2. The Morgan fingerprint density at radius 1 is 0.905 bits per heavy atom. The Bertz CT molecular complexity index is 2440. The molecule has 4 aromatic rings. The number of nitrogens with zero attached hydrogens (tertiary/aromatic N) is 6. The molecule has 0 spiro atoms. The number of carbonyl (C=O) groups is 5. The van der Waals surface area contributed by atoms with Crippen LogP contribution in [0.2, 0.25) is 5.02 Å². The number of carbonyl (C=O) groups excluding carboxylic acids is 5. The van der Waals surface area contributed by atoms with Gasteiger partial charge in [0.2, 0.25) is 17.8 Å². The fraction of sp³-hybridized carbons (Fsp3) is 0.378. The van der Waals surface area contributed by atoms with E-state index in [1.807, 2.05) is 35.2 Å². The molecule has 5 heterocycles. The molecule has 6 N–H and O–H groups in total. The molecule has 3 aliphatic heterocycles. The van der Waals surface area contributed by atoms with Crippen LogP contribution in [0.1, 0.15) is 76.8 Å². The molecule has 18 heteroatoms. The third kappa shape index (κ3) is 10.3. The van der Waals surface area contributed by atoms with Crippen molar-refractivity contribution in [2.45, 2.75) is 69.6 Å². The summed E-state index contributed by atoms with van der Waals surface area (Å²) >= 11 is 6.39. The van der Waals surface area contributed by atoms with E-state index in [1.165, 1.54) is 6.20 Å². The van der Waals surface area contributed by atoms with Crippen LogP contribution >= 0.6 is 11.6 Å². The minimum Gasteiger partial charge on any atom is -0.355 e. The van der Waals surface area contributed by atoms with Gasteiger partial charge in [0.1, 0.15) is 16.9 Å². The lowest BCUT2D eigenvalue weighted by atomic mass is 9.91. The summed E-state index contributed by atoms with van der Waals surface area (Å²) in [6.07, 6.45) is 8.19. The van der Waals surface area contributed by atoms with Gasteiger partial charge in [0.25, 0.3) is 11.8 Å². The molecule has 2 saturated heterocycles. The Labute approximate surface area is 370 Å². The second-order valence-corrected chi connectivity index (χ2v) is 16.3. The number of anilines is 5. The average Bonchev–Trinajstić information content (AvgIpc) is 3.62. The standard InChI is InChI=1S/C45H49ClN12O5/c1-47-41(60)34-7-2-3-8-36(34)53-40-35(46)26-50-44(55-40)51-32-14-17-38(49-25-32)56-20-22-57(23-21-56)45(63)52-31-12-10-30(11-13-31)48-19-5-4-6-28-9-15-33-29(24-28)27-58(43(33)62)37-16-18-39(59)54-42(37)61/h2-3,7-9,14-15,17,24-26,30-31,37,48H,5,10-13,16,18-23,27H2,1H3,(H,47,60)(H,52,63)(H,54,59,61)(H2,50,51,53,55)/t30-,31+,37?. The lowest BCUT2D eigenvalue weighted by Gasteiger charge is -2.37. The van der Waals surface area contributed by atoms with Crippen molar-refractivity contribution in [1.29, 1.82) is 0 Å². The van der Waals surface area contributed by atoms with E-state index in [2.05, 4.69) is 63.6 Å². The highest BCUT2D eigenvalue weighted by Crippen LogP contribution is 2.29. The normalized spacial score (nSPS) is 19.7. The molecule has 1 aliphatic carbocycles. The molecular formula is C45H49ClN12O5. The van der Waals surface area contributed by atoms with E-state index in [-0.39, 0.29) is 36.2 Å². The monoisotopic (exact) mass is 872 g/mol. The number of para-hydroxylation sites is 1. The first-order chi connectivity index (χ1) is 30.6. The van der Waals surface area contributed by atoms with Gasteiger partial charge in [-0.3, -0.25) is 24.5 Å². The number of amides is 6. The topological polar surface area (TPSA) is 206 Å². The molecule has 3 fully saturated rings. The highest BCUT2D eigenvalue weighted by molar-refractivity contribution is 6.33. The number of rotatable bonds is 11. The molecule has 1 saturated carbocycles. The van der Waals surface area contributed by atoms with Gasteiger partial charge in [0, 0.05) is 82.4 Å². The Kier molecular flexibility index (Phi) is 13.3. The van der Waals surface area contributed by atoms with E-state index in [1.54, 1.807) is 42.4 Å². The van der Waals surface area contributed by atoms with Crippen LogP contribution in [-0.4, -0.2) is 112 Å². The highest BCUT2D eigenvalue weighted by Gasteiger charge is 2.39. The molecule has 17 nitrogen and oxygen atoms in total. The molecule has 4 aliphatic rings. The molecule has 2 aromatic carbocycles. The number of halogens is 1. The van der Waals surface area contributed by atoms with E-state index < -0.39 is 11.9 Å². The van der Waals surface area contributed by atoms with Crippen molar-refractivity contribution >= 4 is 70.2 Å². The van der Waals surface area contributed by atoms with Gasteiger partial charge in [-0.2, -0.15) is 4.98 Å². The van der Waals surface area contributed by atoms with Gasteiger partial charge >= 0.3 is 6.03 Å². The second-order valence-electron chi connectivity index (χ2n) is 15.9. The molecule has 0 radical (unpaired) electrons. The predicted molar refractivity (Wildman–Crippen MR) is 238 cm³/mol. The van der Waals surface area contributed by atoms with Crippen molar-refractivity contribution < 1.29 is 24.0 Å². The lowest BCUT2D eigenvalue weighted by Crippen LogP contribution is -2.54. The van der Waals surface area contributed by atoms with Crippen LogP contribution in [0.5, 0.6) is 0 Å². The van der Waals surface area contributed by atoms with Gasteiger partial charge in [0.05, 0.1) is 29.3 Å². The van der Waals surface area contributed by atoms with Gasteiger partial charge in [0.15, 0.2) is 5.82 Å². The number of aromatic nitrogens is 3. The van der Waals surface area contributed by atoms with Crippen molar-refractivity contribution in [3.05, 3.63) is 94.3 Å². The maximum atomic E-state index is 13.2. The highest BCUT2D eigenvalue weighted by atomic mass is 35.5. The zero-order valence-electron chi connectivity index (χ0n) is 34.9. The second kappa shape index (κ2) is 19.5. The number of hydrogen-bond donors (Lipinski definition) is 6. The molecule has 0 bridgehead atoms. The Morgan fingerprint density at radius 3 is 2.46 bits per heavy atom. The van der Waals surface area contributed by atoms with Gasteiger partial charge < -0.3 is 41.3 Å². The first-order valence-corrected chi connectivity index (χ1v) is 21.6. The molecule has 1 unspecified atom stereocenters. The van der Waals surface area contributed by atoms with E-state index in [0.717, 1.165) is 49.2 Å². The summed E-state index contributed by atoms with van der Waals surface area (Å²) < 4.78 is 0. The van der Waals surface area contributed by atoms with E-state index in [0.29, 0.717) is 90.9 Å². The number of piperazine rings is 1. The lowest BCUT2D eigenvalue weighted by molar-refractivity contribution is -0.136. The largest absolute Gasteiger partial charge is 0.355 e. The van der Waals surface area contributed by atoms with Crippen molar-refractivity contribution in [1.82, 2.24) is 46.0 Å². The summed E-state index contributed by atoms with van der Waals surface area (Å²) in [5.41, 5.74) is 3.94. The van der Waals surface area contributed by atoms with Gasteiger partial charge in [-0.05, 0) is 80.1 Å². The minimum atomic E-state index is -0.634. The quantitative estimate of drug-likeness (QED) is 0.0709. The van der Waals surface area contributed by atoms with Crippen molar-refractivity contribution in [2.75, 3.05) is 55.3 Å². The smallest absolute Gasteiger partial charge is 0.317 e. The SMILES string of the molecule is CNC(=O)c1ccccc1Nc1nc(Nc2ccc(N3CCN(C(=O)N[C@H]4CC[C@@H](NCCC#Cc5ccc6c(c5)CN(C5CCC(=O)NC5=O)C6=O)CC4)CC3)nc2)ncc1Cl. The van der Waals surface area contributed by atoms with Gasteiger partial charge in [-0.15, -0.1) is 0 Å². The fourth-order valence-corrected chi connectivity index (χ4v) is 8.48. The van der Waals surface area contributed by atoms with Gasteiger partial charge in [-0.25, -0.2) is 14.8 Å². The summed E-state index contributed by atoms with van der Waals surface area (Å²) in [4.78, 5) is 81.5. The van der Waals surface area contributed by atoms with E-state index in [4.69, 9.17) is 11.6 Å². The Morgan fingerprint density at radius 2 is 1.70 bits per heavy atom. The third-order valence-corrected chi connectivity index (χ3v) is 12.1. The molecule has 6 amide bonds. The summed E-state index contributed by atoms with van der Waals surface area (Å²) in [6, 6.07) is 16.3. The van der Waals surface area contributed by atoms with E-state index >= 15 is 0 Å². The van der Waals surface area contributed by atoms with Crippen LogP contribution in [0.3, 0.4) is 0 Å². The van der Waals surface area contributed by atoms with Crippen LogP contribution in [-0.2, 0) is 16.1 Å². The predicted octanol–water partition coefficient (Wildman–Crippen LogP) is 4.31. The summed E-state index contributed by atoms with van der Waals surface area (Å²) in [5.74, 6) is 6.75. The average molecular weight is 873 g/mol. The van der Waals surface area contributed by atoms with Crippen LogP contribution in [0.4, 0.5) is 33.8 Å². The number of piperidine rings is 1. The minimum absolute atomic E-state index is 0.0256. The zero-order valence-corrected chi connectivity index (χ0v) is 35.6. The van der Waals surface area contributed by atoms with E-state index in [9.17, 15) is 24.0 Å². The van der Waals surface area contributed by atoms with Crippen molar-refractivity contribution in [2.24, 2.45) is 0 Å². The maximum absolute atomic E-state index is 13.2. The number of pyridine rings is 1. The number of urea groups is 1. The molecule has 326 valence electrons. The van der Waals surface area contributed by atoms with Crippen LogP contribution < -0.4 is 36.8 Å². The zero-order chi connectivity index (χ0) is 43.9. The number of nitrogens with one attached hydrogen (secondary N) is 6. The summed E-state index contributed by atoms with van der Waals surface area (Å²) in [6.45, 7) is 3.59. The van der Waals surface area contributed by atoms with Crippen LogP contribution in [0.15, 0.2) is 67.0 Å². The first kappa shape index (κ1) is 42.9. The van der Waals surface area contributed by atoms with Crippen LogP contribution in [0.25, 0.3) is 0 Å². The Hall–Kier alpha value is -6.77.